The summed E-state index contributed by atoms with van der Waals surface area (Å²) in [5.74, 6) is -0.505. The van der Waals surface area contributed by atoms with Gasteiger partial charge in [-0.3, -0.25) is 9.59 Å². The summed E-state index contributed by atoms with van der Waals surface area (Å²) < 4.78 is 5.47. The number of likely N-dealkylation sites (tertiary alicyclic amines) is 1. The van der Waals surface area contributed by atoms with E-state index in [-0.39, 0.29) is 17.7 Å². The minimum atomic E-state index is -0.768. The standard InChI is InChI=1S/C17H27NO4/c19-15(13-6-4-2-1-3-5-7-13)18-10-14-11-22-9-8-17(14,12-18)16(20)21/h13-14H,1-12H2,(H,20,21)/t14-,17+/m0/s1. The molecule has 0 unspecified atom stereocenters. The molecule has 22 heavy (non-hydrogen) atoms. The zero-order valence-electron chi connectivity index (χ0n) is 13.3. The number of aliphatic carboxylic acids is 1. The first-order valence-corrected chi connectivity index (χ1v) is 8.73. The second-order valence-corrected chi connectivity index (χ2v) is 7.24. The van der Waals surface area contributed by atoms with Crippen LogP contribution in [0.4, 0.5) is 0 Å². The summed E-state index contributed by atoms with van der Waals surface area (Å²) in [6.07, 6.45) is 8.45. The zero-order chi connectivity index (χ0) is 15.6. The molecule has 2 saturated heterocycles. The van der Waals surface area contributed by atoms with Gasteiger partial charge >= 0.3 is 5.97 Å². The van der Waals surface area contributed by atoms with E-state index < -0.39 is 11.4 Å². The lowest BCUT2D eigenvalue weighted by molar-refractivity contribution is -0.157. The van der Waals surface area contributed by atoms with Crippen LogP contribution >= 0.6 is 0 Å². The third-order valence-electron chi connectivity index (χ3n) is 5.90. The van der Waals surface area contributed by atoms with Gasteiger partial charge in [-0.05, 0) is 19.3 Å². The van der Waals surface area contributed by atoms with Crippen molar-refractivity contribution in [2.24, 2.45) is 17.3 Å². The number of fused-ring (bicyclic) bond motifs is 1. The Morgan fingerprint density at radius 3 is 2.41 bits per heavy atom. The topological polar surface area (TPSA) is 66.8 Å². The number of rotatable bonds is 2. The van der Waals surface area contributed by atoms with Crippen LogP contribution in [-0.4, -0.2) is 48.2 Å². The first-order chi connectivity index (χ1) is 10.6. The van der Waals surface area contributed by atoms with E-state index in [4.69, 9.17) is 4.74 Å². The molecule has 3 fully saturated rings. The number of hydrogen-bond acceptors (Lipinski definition) is 3. The molecule has 1 amide bonds. The second kappa shape index (κ2) is 6.57. The Balaban J connectivity index is 1.69. The van der Waals surface area contributed by atoms with Crippen molar-refractivity contribution in [2.45, 2.75) is 51.4 Å². The van der Waals surface area contributed by atoms with Gasteiger partial charge in [-0.25, -0.2) is 0 Å². The van der Waals surface area contributed by atoms with Gasteiger partial charge in [0.25, 0.3) is 0 Å². The molecular formula is C17H27NO4. The van der Waals surface area contributed by atoms with Crippen LogP contribution in [0.15, 0.2) is 0 Å². The number of carboxylic acids is 1. The SMILES string of the molecule is O=C(C1CCCCCCC1)N1C[C@H]2COCC[C@@]2(C(=O)O)C1. The highest BCUT2D eigenvalue weighted by molar-refractivity contribution is 5.82. The number of ether oxygens (including phenoxy) is 1. The molecule has 5 nitrogen and oxygen atoms in total. The van der Waals surface area contributed by atoms with E-state index in [1.807, 2.05) is 4.90 Å². The Labute approximate surface area is 132 Å². The molecule has 2 aliphatic heterocycles. The summed E-state index contributed by atoms with van der Waals surface area (Å²) in [5, 5.41) is 9.70. The van der Waals surface area contributed by atoms with E-state index in [1.165, 1.54) is 19.3 Å². The van der Waals surface area contributed by atoms with E-state index >= 15 is 0 Å². The first kappa shape index (κ1) is 15.8. The van der Waals surface area contributed by atoms with Crippen molar-refractivity contribution in [1.29, 1.82) is 0 Å². The van der Waals surface area contributed by atoms with Crippen molar-refractivity contribution in [3.8, 4) is 0 Å². The Hall–Kier alpha value is -1.10. The monoisotopic (exact) mass is 309 g/mol. The zero-order valence-corrected chi connectivity index (χ0v) is 13.3. The molecule has 1 N–H and O–H groups in total. The largest absolute Gasteiger partial charge is 0.481 e. The molecule has 2 atom stereocenters. The van der Waals surface area contributed by atoms with Crippen LogP contribution in [0.25, 0.3) is 0 Å². The van der Waals surface area contributed by atoms with Crippen molar-refractivity contribution in [3.63, 3.8) is 0 Å². The third-order valence-corrected chi connectivity index (χ3v) is 5.90. The van der Waals surface area contributed by atoms with Gasteiger partial charge in [0.05, 0.1) is 12.0 Å². The third kappa shape index (κ3) is 2.87. The highest BCUT2D eigenvalue weighted by atomic mass is 16.5. The Morgan fingerprint density at radius 2 is 1.77 bits per heavy atom. The number of carboxylic acid groups (broad SMARTS) is 1. The number of amides is 1. The van der Waals surface area contributed by atoms with Crippen LogP contribution < -0.4 is 0 Å². The van der Waals surface area contributed by atoms with Gasteiger partial charge in [0.2, 0.25) is 5.91 Å². The van der Waals surface area contributed by atoms with Crippen molar-refractivity contribution in [1.82, 2.24) is 4.90 Å². The van der Waals surface area contributed by atoms with Crippen LogP contribution in [0.1, 0.15) is 51.4 Å². The van der Waals surface area contributed by atoms with Gasteiger partial charge < -0.3 is 14.7 Å². The maximum atomic E-state index is 12.9. The maximum Gasteiger partial charge on any atom is 0.311 e. The average molecular weight is 309 g/mol. The minimum absolute atomic E-state index is 0.0451. The number of nitrogens with zero attached hydrogens (tertiary/aromatic N) is 1. The minimum Gasteiger partial charge on any atom is -0.481 e. The van der Waals surface area contributed by atoms with Crippen LogP contribution in [0.3, 0.4) is 0 Å². The quantitative estimate of drug-likeness (QED) is 0.850. The van der Waals surface area contributed by atoms with E-state index in [0.29, 0.717) is 32.7 Å². The fourth-order valence-electron chi connectivity index (χ4n) is 4.43. The van der Waals surface area contributed by atoms with Crippen molar-refractivity contribution < 1.29 is 19.4 Å². The summed E-state index contributed by atoms with van der Waals surface area (Å²) in [6, 6.07) is 0. The van der Waals surface area contributed by atoms with Crippen LogP contribution in [-0.2, 0) is 14.3 Å². The highest BCUT2D eigenvalue weighted by Gasteiger charge is 2.55. The summed E-state index contributed by atoms with van der Waals surface area (Å²) in [5.41, 5.74) is -0.768. The molecule has 124 valence electrons. The summed E-state index contributed by atoms with van der Waals surface area (Å²) in [7, 11) is 0. The molecule has 0 aromatic heterocycles. The lowest BCUT2D eigenvalue weighted by Crippen LogP contribution is -2.45. The molecule has 3 aliphatic rings. The summed E-state index contributed by atoms with van der Waals surface area (Å²) in [4.78, 5) is 26.5. The lowest BCUT2D eigenvalue weighted by Gasteiger charge is -2.34. The van der Waals surface area contributed by atoms with E-state index in [2.05, 4.69) is 0 Å². The Kier molecular flexibility index (Phi) is 4.71. The van der Waals surface area contributed by atoms with Gasteiger partial charge in [0.1, 0.15) is 0 Å². The molecule has 0 radical (unpaired) electrons. The van der Waals surface area contributed by atoms with Crippen LogP contribution in [0.2, 0.25) is 0 Å². The molecule has 2 heterocycles. The van der Waals surface area contributed by atoms with Gasteiger partial charge in [-0.15, -0.1) is 0 Å². The van der Waals surface area contributed by atoms with E-state index in [1.54, 1.807) is 0 Å². The second-order valence-electron chi connectivity index (χ2n) is 7.24. The average Bonchev–Trinajstić information content (AvgIpc) is 2.87. The Morgan fingerprint density at radius 1 is 1.09 bits per heavy atom. The van der Waals surface area contributed by atoms with Gasteiger partial charge in [-0.2, -0.15) is 0 Å². The van der Waals surface area contributed by atoms with Gasteiger partial charge in [0, 0.05) is 31.5 Å². The predicted octanol–water partition coefficient (Wildman–Crippen LogP) is 2.30. The number of carbonyl (C=O) groups excluding carboxylic acids is 1. The molecule has 0 aromatic carbocycles. The fraction of sp³-hybridized carbons (Fsp3) is 0.882. The molecular weight excluding hydrogens is 282 g/mol. The van der Waals surface area contributed by atoms with Gasteiger partial charge in [-0.1, -0.05) is 32.1 Å². The fourth-order valence-corrected chi connectivity index (χ4v) is 4.43. The Bertz CT molecular complexity index is 430. The van der Waals surface area contributed by atoms with E-state index in [9.17, 15) is 14.7 Å². The number of hydrogen-bond donors (Lipinski definition) is 1. The first-order valence-electron chi connectivity index (χ1n) is 8.73. The molecule has 0 aromatic rings. The lowest BCUT2D eigenvalue weighted by atomic mass is 9.74. The smallest absolute Gasteiger partial charge is 0.311 e. The number of carbonyl (C=O) groups is 2. The van der Waals surface area contributed by atoms with Crippen LogP contribution in [0.5, 0.6) is 0 Å². The molecule has 0 bridgehead atoms. The molecule has 5 heteroatoms. The predicted molar refractivity (Wildman–Crippen MR) is 81.4 cm³/mol. The van der Waals surface area contributed by atoms with Gasteiger partial charge in [0.15, 0.2) is 0 Å². The molecule has 3 rings (SSSR count). The van der Waals surface area contributed by atoms with Crippen molar-refractivity contribution in [3.05, 3.63) is 0 Å². The van der Waals surface area contributed by atoms with Crippen molar-refractivity contribution >= 4 is 11.9 Å². The van der Waals surface area contributed by atoms with E-state index in [0.717, 1.165) is 25.7 Å². The van der Waals surface area contributed by atoms with Crippen LogP contribution in [0, 0.1) is 17.3 Å². The molecule has 1 saturated carbocycles. The summed E-state index contributed by atoms with van der Waals surface area (Å²) in [6.45, 7) is 1.91. The normalized spacial score (nSPS) is 33.8. The molecule has 0 spiro atoms. The molecule has 1 aliphatic carbocycles. The maximum absolute atomic E-state index is 12.9. The summed E-state index contributed by atoms with van der Waals surface area (Å²) >= 11 is 0. The highest BCUT2D eigenvalue weighted by Crippen LogP contribution is 2.43. The van der Waals surface area contributed by atoms with Crippen molar-refractivity contribution in [2.75, 3.05) is 26.3 Å².